The van der Waals surface area contributed by atoms with E-state index in [1.807, 2.05) is 13.8 Å². The van der Waals surface area contributed by atoms with E-state index in [4.69, 9.17) is 18.3 Å². The molecule has 1 atom stereocenters. The standard InChI is InChI=1S/C22H23FN2O6/c1-3-6-29-21(26)15-10-16-18(25-15)13(11-31-16)9-12(2)4-7-30-22(27)19-17(23)20-14(24-19)5-8-28-20/h5,8,10-12,24-25H,3-4,6-7,9H2,1-2H3. The van der Waals surface area contributed by atoms with Crippen molar-refractivity contribution in [3.8, 4) is 0 Å². The highest BCUT2D eigenvalue weighted by atomic mass is 19.1. The van der Waals surface area contributed by atoms with Crippen LogP contribution < -0.4 is 0 Å². The van der Waals surface area contributed by atoms with E-state index >= 15 is 0 Å². The number of aromatic amines is 2. The van der Waals surface area contributed by atoms with Crippen LogP contribution in [-0.4, -0.2) is 35.1 Å². The Hall–Kier alpha value is -3.49. The molecule has 4 rings (SSSR count). The first-order chi connectivity index (χ1) is 15.0. The molecule has 164 valence electrons. The Balaban J connectivity index is 1.32. The van der Waals surface area contributed by atoms with Gasteiger partial charge >= 0.3 is 11.9 Å². The number of nitrogens with one attached hydrogen (secondary N) is 2. The SMILES string of the molecule is CCCOC(=O)c1cc2occ(CC(C)CCOC(=O)c3[nH]c4ccoc4c3F)c2[nH]1. The van der Waals surface area contributed by atoms with Gasteiger partial charge in [0.2, 0.25) is 0 Å². The van der Waals surface area contributed by atoms with Crippen LogP contribution in [0, 0.1) is 11.7 Å². The Morgan fingerprint density at radius 3 is 2.74 bits per heavy atom. The number of esters is 2. The Kier molecular flexibility index (Phi) is 5.83. The van der Waals surface area contributed by atoms with Gasteiger partial charge in [0, 0.05) is 17.7 Å². The predicted molar refractivity (Wildman–Crippen MR) is 109 cm³/mol. The van der Waals surface area contributed by atoms with Crippen molar-refractivity contribution in [2.24, 2.45) is 5.92 Å². The van der Waals surface area contributed by atoms with Gasteiger partial charge < -0.3 is 28.3 Å². The molecule has 0 saturated carbocycles. The molecule has 0 bridgehead atoms. The largest absolute Gasteiger partial charge is 0.462 e. The van der Waals surface area contributed by atoms with Crippen molar-refractivity contribution >= 4 is 34.1 Å². The highest BCUT2D eigenvalue weighted by molar-refractivity contribution is 5.94. The van der Waals surface area contributed by atoms with Gasteiger partial charge in [-0.05, 0) is 25.2 Å². The van der Waals surface area contributed by atoms with Crippen molar-refractivity contribution in [3.63, 3.8) is 0 Å². The van der Waals surface area contributed by atoms with Crippen LogP contribution in [0.1, 0.15) is 53.2 Å². The zero-order valence-corrected chi connectivity index (χ0v) is 17.2. The van der Waals surface area contributed by atoms with E-state index < -0.39 is 17.8 Å². The molecule has 1 unspecified atom stereocenters. The number of halogens is 1. The number of H-pyrrole nitrogens is 2. The number of aromatic nitrogens is 2. The maximum atomic E-state index is 14.2. The molecule has 0 amide bonds. The average Bonchev–Trinajstić information content (AvgIpc) is 3.50. The molecule has 0 saturated heterocycles. The molecule has 0 fully saturated rings. The second-order valence-electron chi connectivity index (χ2n) is 7.53. The number of furan rings is 2. The monoisotopic (exact) mass is 430 g/mol. The van der Waals surface area contributed by atoms with Gasteiger partial charge in [0.15, 0.2) is 22.7 Å². The summed E-state index contributed by atoms with van der Waals surface area (Å²) in [5, 5.41) is 0. The van der Waals surface area contributed by atoms with Crippen molar-refractivity contribution in [3.05, 3.63) is 47.4 Å². The van der Waals surface area contributed by atoms with Crippen LogP contribution in [0.3, 0.4) is 0 Å². The summed E-state index contributed by atoms with van der Waals surface area (Å²) in [6.07, 6.45) is 4.96. The molecule has 0 spiro atoms. The Morgan fingerprint density at radius 1 is 1.16 bits per heavy atom. The lowest BCUT2D eigenvalue weighted by atomic mass is 10.00. The lowest BCUT2D eigenvalue weighted by Crippen LogP contribution is -2.11. The first-order valence-corrected chi connectivity index (χ1v) is 10.2. The molecule has 4 aromatic rings. The quantitative estimate of drug-likeness (QED) is 0.363. The minimum Gasteiger partial charge on any atom is -0.462 e. The number of carbonyl (C=O) groups excluding carboxylic acids is 2. The van der Waals surface area contributed by atoms with Gasteiger partial charge in [-0.15, -0.1) is 0 Å². The van der Waals surface area contributed by atoms with E-state index in [0.717, 1.165) is 17.5 Å². The number of fused-ring (bicyclic) bond motifs is 2. The Labute approximate surface area is 176 Å². The van der Waals surface area contributed by atoms with Gasteiger partial charge in [0.25, 0.3) is 0 Å². The molecule has 4 heterocycles. The first-order valence-electron chi connectivity index (χ1n) is 10.2. The normalized spacial score (nSPS) is 12.5. The molecular weight excluding hydrogens is 407 g/mol. The van der Waals surface area contributed by atoms with Crippen LogP contribution in [0.4, 0.5) is 4.39 Å². The maximum Gasteiger partial charge on any atom is 0.357 e. The van der Waals surface area contributed by atoms with E-state index in [2.05, 4.69) is 9.97 Å². The van der Waals surface area contributed by atoms with E-state index in [1.54, 1.807) is 18.4 Å². The number of hydrogen-bond acceptors (Lipinski definition) is 6. The van der Waals surface area contributed by atoms with Crippen LogP contribution in [0.25, 0.3) is 22.2 Å². The summed E-state index contributed by atoms with van der Waals surface area (Å²) in [7, 11) is 0. The highest BCUT2D eigenvalue weighted by Crippen LogP contribution is 2.26. The summed E-state index contributed by atoms with van der Waals surface area (Å²) < 4.78 is 35.0. The van der Waals surface area contributed by atoms with Crippen LogP contribution in [-0.2, 0) is 15.9 Å². The smallest absolute Gasteiger partial charge is 0.357 e. The maximum absolute atomic E-state index is 14.2. The Bertz CT molecular complexity index is 1210. The summed E-state index contributed by atoms with van der Waals surface area (Å²) in [6.45, 7) is 4.44. The zero-order valence-electron chi connectivity index (χ0n) is 17.2. The highest BCUT2D eigenvalue weighted by Gasteiger charge is 2.22. The molecule has 4 aromatic heterocycles. The lowest BCUT2D eigenvalue weighted by molar-refractivity contribution is 0.0471. The average molecular weight is 430 g/mol. The molecule has 0 radical (unpaired) electrons. The second kappa shape index (κ2) is 8.71. The number of ether oxygens (including phenoxy) is 2. The third kappa shape index (κ3) is 4.21. The molecule has 31 heavy (non-hydrogen) atoms. The van der Waals surface area contributed by atoms with Gasteiger partial charge in [-0.1, -0.05) is 13.8 Å². The summed E-state index contributed by atoms with van der Waals surface area (Å²) in [5.74, 6) is -1.78. The van der Waals surface area contributed by atoms with E-state index in [-0.39, 0.29) is 23.8 Å². The third-order valence-electron chi connectivity index (χ3n) is 5.05. The fourth-order valence-corrected chi connectivity index (χ4v) is 3.42. The van der Waals surface area contributed by atoms with Crippen LogP contribution >= 0.6 is 0 Å². The van der Waals surface area contributed by atoms with Crippen molar-refractivity contribution < 1.29 is 32.3 Å². The van der Waals surface area contributed by atoms with Crippen LogP contribution in [0.15, 0.2) is 33.5 Å². The number of hydrogen-bond donors (Lipinski definition) is 2. The van der Waals surface area contributed by atoms with Crippen molar-refractivity contribution in [1.82, 2.24) is 9.97 Å². The minimum atomic E-state index is -0.763. The Morgan fingerprint density at radius 2 is 1.97 bits per heavy atom. The van der Waals surface area contributed by atoms with E-state index in [9.17, 15) is 14.0 Å². The van der Waals surface area contributed by atoms with E-state index in [1.165, 1.54) is 6.26 Å². The second-order valence-corrected chi connectivity index (χ2v) is 7.53. The molecule has 9 heteroatoms. The topological polar surface area (TPSA) is 110 Å². The number of rotatable bonds is 9. The third-order valence-corrected chi connectivity index (χ3v) is 5.05. The summed E-state index contributed by atoms with van der Waals surface area (Å²) >= 11 is 0. The fraction of sp³-hybridized carbons (Fsp3) is 0.364. The molecule has 0 aliphatic carbocycles. The van der Waals surface area contributed by atoms with Gasteiger partial charge in [-0.2, -0.15) is 0 Å². The van der Waals surface area contributed by atoms with E-state index in [0.29, 0.717) is 36.2 Å². The molecule has 2 N–H and O–H groups in total. The molecule has 8 nitrogen and oxygen atoms in total. The van der Waals surface area contributed by atoms with Gasteiger partial charge in [0.05, 0.1) is 36.8 Å². The molecular formula is C22H23FN2O6. The van der Waals surface area contributed by atoms with Crippen LogP contribution in [0.5, 0.6) is 0 Å². The molecule has 0 aliphatic heterocycles. The number of carbonyl (C=O) groups is 2. The van der Waals surface area contributed by atoms with Gasteiger partial charge in [0.1, 0.15) is 5.69 Å². The fourth-order valence-electron chi connectivity index (χ4n) is 3.42. The summed E-state index contributed by atoms with van der Waals surface area (Å²) in [5.41, 5.74) is 2.78. The van der Waals surface area contributed by atoms with Crippen LogP contribution in [0.2, 0.25) is 0 Å². The molecule has 0 aromatic carbocycles. The van der Waals surface area contributed by atoms with Gasteiger partial charge in [-0.25, -0.2) is 14.0 Å². The lowest BCUT2D eigenvalue weighted by Gasteiger charge is -2.10. The summed E-state index contributed by atoms with van der Waals surface area (Å²) in [4.78, 5) is 29.9. The zero-order chi connectivity index (χ0) is 22.0. The predicted octanol–water partition coefficient (Wildman–Crippen LogP) is 4.97. The summed E-state index contributed by atoms with van der Waals surface area (Å²) in [6, 6.07) is 3.17. The van der Waals surface area contributed by atoms with Gasteiger partial charge in [-0.3, -0.25) is 0 Å². The van der Waals surface area contributed by atoms with Crippen molar-refractivity contribution in [1.29, 1.82) is 0 Å². The first kappa shape index (κ1) is 20.8. The van der Waals surface area contributed by atoms with Crippen molar-refractivity contribution in [2.45, 2.75) is 33.1 Å². The molecule has 0 aliphatic rings. The minimum absolute atomic E-state index is 0.00758. The van der Waals surface area contributed by atoms with Crippen molar-refractivity contribution in [2.75, 3.05) is 13.2 Å².